The lowest BCUT2D eigenvalue weighted by Gasteiger charge is -2.34. The fourth-order valence-corrected chi connectivity index (χ4v) is 3.96. The van der Waals surface area contributed by atoms with Gasteiger partial charge in [-0.25, -0.2) is 0 Å². The fraction of sp³-hybridized carbons (Fsp3) is 0.733. The number of allylic oxidation sites excluding steroid dienone is 2. The van der Waals surface area contributed by atoms with E-state index in [9.17, 15) is 0 Å². The van der Waals surface area contributed by atoms with Gasteiger partial charge in [0.05, 0.1) is 0 Å². The van der Waals surface area contributed by atoms with E-state index < -0.39 is 5.79 Å². The van der Waals surface area contributed by atoms with Gasteiger partial charge in [0.2, 0.25) is 5.79 Å². The van der Waals surface area contributed by atoms with Crippen LogP contribution >= 0.6 is 0 Å². The Bertz CT molecular complexity index is 352. The van der Waals surface area contributed by atoms with Crippen molar-refractivity contribution in [3.63, 3.8) is 0 Å². The summed E-state index contributed by atoms with van der Waals surface area (Å²) >= 11 is 0. The highest BCUT2D eigenvalue weighted by atomic mass is 16.7. The summed E-state index contributed by atoms with van der Waals surface area (Å²) in [5, 5.41) is 0. The molecule has 0 saturated carbocycles. The van der Waals surface area contributed by atoms with Crippen LogP contribution in [-0.2, 0) is 9.47 Å². The molecule has 94 valence electrons. The second-order valence-electron chi connectivity index (χ2n) is 5.35. The maximum atomic E-state index is 5.85. The molecule has 0 aromatic rings. The average molecular weight is 234 g/mol. The molecular weight excluding hydrogens is 212 g/mol. The van der Waals surface area contributed by atoms with E-state index in [-0.39, 0.29) is 0 Å². The molecule has 2 nitrogen and oxygen atoms in total. The highest BCUT2D eigenvalue weighted by molar-refractivity contribution is 5.55. The number of methoxy groups -OCH3 is 2. The topological polar surface area (TPSA) is 18.5 Å². The van der Waals surface area contributed by atoms with E-state index in [1.54, 1.807) is 25.4 Å². The fourth-order valence-electron chi connectivity index (χ4n) is 3.96. The molecule has 2 heteroatoms. The maximum absolute atomic E-state index is 5.85. The Morgan fingerprint density at radius 2 is 1.12 bits per heavy atom. The zero-order chi connectivity index (χ0) is 11.9. The monoisotopic (exact) mass is 234 g/mol. The number of hydrogen-bond donors (Lipinski definition) is 0. The van der Waals surface area contributed by atoms with Gasteiger partial charge in [-0.15, -0.1) is 0 Å². The van der Waals surface area contributed by atoms with Crippen molar-refractivity contribution in [3.8, 4) is 0 Å². The average Bonchev–Trinajstić information content (AvgIpc) is 2.70. The predicted octanol–water partition coefficient (Wildman–Crippen LogP) is 3.73. The highest BCUT2D eigenvalue weighted by Gasteiger charge is 2.48. The molecule has 0 fully saturated rings. The summed E-state index contributed by atoms with van der Waals surface area (Å²) < 4.78 is 11.7. The molecule has 3 rings (SSSR count). The molecule has 0 N–H and O–H groups in total. The smallest absolute Gasteiger partial charge is 0.214 e. The third kappa shape index (κ3) is 1.47. The lowest BCUT2D eigenvalue weighted by Crippen LogP contribution is -2.37. The van der Waals surface area contributed by atoms with Gasteiger partial charge in [-0.2, -0.15) is 0 Å². The molecule has 0 saturated heterocycles. The second kappa shape index (κ2) is 4.25. The van der Waals surface area contributed by atoms with Crippen molar-refractivity contribution < 1.29 is 9.47 Å². The summed E-state index contributed by atoms with van der Waals surface area (Å²) in [7, 11) is 3.60. The van der Waals surface area contributed by atoms with Gasteiger partial charge in [-0.3, -0.25) is 0 Å². The largest absolute Gasteiger partial charge is 0.346 e. The van der Waals surface area contributed by atoms with Crippen LogP contribution in [0.15, 0.2) is 22.3 Å². The third-order valence-corrected chi connectivity index (χ3v) is 4.67. The Morgan fingerprint density at radius 3 is 1.53 bits per heavy atom. The normalized spacial score (nSPS) is 27.2. The lowest BCUT2D eigenvalue weighted by atomic mass is 9.87. The molecule has 0 radical (unpaired) electrons. The standard InChI is InChI=1S/C15H22O2/c1-16-15(17-2)13-9-5-3-7-11(13)12-8-4-6-10-14(12)15/h3-10H2,1-2H3. The Balaban J connectivity index is 2.12. The van der Waals surface area contributed by atoms with Crippen LogP contribution in [0.3, 0.4) is 0 Å². The van der Waals surface area contributed by atoms with E-state index in [4.69, 9.17) is 9.47 Å². The minimum atomic E-state index is -0.481. The maximum Gasteiger partial charge on any atom is 0.214 e. The van der Waals surface area contributed by atoms with Gasteiger partial charge in [0.25, 0.3) is 0 Å². The van der Waals surface area contributed by atoms with E-state index in [0.29, 0.717) is 0 Å². The summed E-state index contributed by atoms with van der Waals surface area (Å²) in [6.45, 7) is 0. The minimum Gasteiger partial charge on any atom is -0.346 e. The van der Waals surface area contributed by atoms with Crippen LogP contribution in [0.25, 0.3) is 0 Å². The summed E-state index contributed by atoms with van der Waals surface area (Å²) in [5.41, 5.74) is 6.07. The SMILES string of the molecule is COC1(OC)C2=C(CCCC2)C2=C1CCCC2. The van der Waals surface area contributed by atoms with Gasteiger partial charge in [-0.1, -0.05) is 0 Å². The van der Waals surface area contributed by atoms with Crippen LogP contribution in [0.4, 0.5) is 0 Å². The molecule has 0 spiro atoms. The third-order valence-electron chi connectivity index (χ3n) is 4.67. The predicted molar refractivity (Wildman–Crippen MR) is 67.7 cm³/mol. The number of ether oxygens (including phenoxy) is 2. The first kappa shape index (κ1) is 11.5. The zero-order valence-corrected chi connectivity index (χ0v) is 11.0. The van der Waals surface area contributed by atoms with Gasteiger partial charge in [-0.05, 0) is 73.7 Å². The second-order valence-corrected chi connectivity index (χ2v) is 5.35. The van der Waals surface area contributed by atoms with Gasteiger partial charge in [0.1, 0.15) is 0 Å². The first-order valence-electron chi connectivity index (χ1n) is 6.89. The van der Waals surface area contributed by atoms with E-state index >= 15 is 0 Å². The Labute approximate surface area is 104 Å². The van der Waals surface area contributed by atoms with Crippen molar-refractivity contribution in [1.29, 1.82) is 0 Å². The van der Waals surface area contributed by atoms with Crippen molar-refractivity contribution in [3.05, 3.63) is 22.3 Å². The van der Waals surface area contributed by atoms with Crippen LogP contribution in [-0.4, -0.2) is 20.0 Å². The minimum absolute atomic E-state index is 0.481. The summed E-state index contributed by atoms with van der Waals surface area (Å²) in [4.78, 5) is 0. The van der Waals surface area contributed by atoms with Gasteiger partial charge >= 0.3 is 0 Å². The number of fused-ring (bicyclic) bond motifs is 1. The molecule has 0 atom stereocenters. The molecule has 0 heterocycles. The first-order valence-corrected chi connectivity index (χ1v) is 6.89. The van der Waals surface area contributed by atoms with Crippen LogP contribution < -0.4 is 0 Å². The Hall–Kier alpha value is -0.600. The quantitative estimate of drug-likeness (QED) is 0.678. The van der Waals surface area contributed by atoms with Crippen molar-refractivity contribution in [2.45, 2.75) is 57.2 Å². The first-order chi connectivity index (χ1) is 8.33. The van der Waals surface area contributed by atoms with Crippen LogP contribution in [0, 0.1) is 0 Å². The molecule has 0 aromatic carbocycles. The van der Waals surface area contributed by atoms with E-state index in [1.807, 2.05) is 0 Å². The van der Waals surface area contributed by atoms with Gasteiger partial charge < -0.3 is 9.47 Å². The van der Waals surface area contributed by atoms with E-state index in [0.717, 1.165) is 12.8 Å². The lowest BCUT2D eigenvalue weighted by molar-refractivity contribution is -0.152. The van der Waals surface area contributed by atoms with Crippen LogP contribution in [0.1, 0.15) is 51.4 Å². The molecular formula is C15H22O2. The molecule has 3 aliphatic rings. The summed E-state index contributed by atoms with van der Waals surface area (Å²) in [5.74, 6) is -0.481. The Morgan fingerprint density at radius 1 is 0.706 bits per heavy atom. The molecule has 0 aromatic heterocycles. The molecule has 17 heavy (non-hydrogen) atoms. The van der Waals surface area contributed by atoms with Gasteiger partial charge in [0.15, 0.2) is 0 Å². The van der Waals surface area contributed by atoms with Crippen molar-refractivity contribution >= 4 is 0 Å². The van der Waals surface area contributed by atoms with Crippen LogP contribution in [0.5, 0.6) is 0 Å². The summed E-state index contributed by atoms with van der Waals surface area (Å²) in [6.07, 6.45) is 10.0. The molecule has 0 unspecified atom stereocenters. The van der Waals surface area contributed by atoms with Gasteiger partial charge in [0, 0.05) is 14.2 Å². The van der Waals surface area contributed by atoms with Crippen molar-refractivity contribution in [2.24, 2.45) is 0 Å². The van der Waals surface area contributed by atoms with Crippen LogP contribution in [0.2, 0.25) is 0 Å². The van der Waals surface area contributed by atoms with E-state index in [1.165, 1.54) is 49.7 Å². The van der Waals surface area contributed by atoms with Crippen molar-refractivity contribution in [2.75, 3.05) is 14.2 Å². The van der Waals surface area contributed by atoms with Crippen molar-refractivity contribution in [1.82, 2.24) is 0 Å². The molecule has 0 bridgehead atoms. The number of hydrogen-bond acceptors (Lipinski definition) is 2. The van der Waals surface area contributed by atoms with E-state index in [2.05, 4.69) is 0 Å². The highest BCUT2D eigenvalue weighted by Crippen LogP contribution is 2.53. The zero-order valence-electron chi connectivity index (χ0n) is 11.0. The molecule has 0 amide bonds. The Kier molecular flexibility index (Phi) is 2.87. The molecule has 3 aliphatic carbocycles. The number of rotatable bonds is 2. The molecule has 0 aliphatic heterocycles. The summed E-state index contributed by atoms with van der Waals surface area (Å²) in [6, 6.07) is 0.